The van der Waals surface area contributed by atoms with Gasteiger partial charge in [0.15, 0.2) is 5.69 Å². The molecule has 3 heterocycles. The molecule has 1 aliphatic rings. The van der Waals surface area contributed by atoms with Crippen LogP contribution in [0.2, 0.25) is 0 Å². The number of hydrogen-bond acceptors (Lipinski definition) is 8. The normalized spacial score (nSPS) is 16.0. The minimum Gasteiger partial charge on any atom is -0.460 e. The maximum absolute atomic E-state index is 13.9. The average Bonchev–Trinajstić information content (AvgIpc) is 3.60. The number of hydrogen-bond donors (Lipinski definition) is 3. The second-order valence-electron chi connectivity index (χ2n) is 10.7. The van der Waals surface area contributed by atoms with Crippen LogP contribution >= 0.6 is 0 Å². The maximum Gasteiger partial charge on any atom is 0.330 e. The van der Waals surface area contributed by atoms with Gasteiger partial charge in [0, 0.05) is 43.3 Å². The third-order valence-electron chi connectivity index (χ3n) is 6.91. The number of benzene rings is 1. The summed E-state index contributed by atoms with van der Waals surface area (Å²) in [5, 5.41) is 11.8. The number of pyridine rings is 1. The zero-order valence-electron chi connectivity index (χ0n) is 24.5. The van der Waals surface area contributed by atoms with Crippen LogP contribution in [-0.2, 0) is 25.5 Å². The number of nitrogens with zero attached hydrogens (tertiary/aromatic N) is 2. The number of halogens is 1. The van der Waals surface area contributed by atoms with E-state index in [0.717, 1.165) is 0 Å². The second-order valence-corrected chi connectivity index (χ2v) is 10.7. The number of rotatable bonds is 12. The van der Waals surface area contributed by atoms with Gasteiger partial charge in [0.05, 0.1) is 6.10 Å². The molecule has 0 saturated carbocycles. The number of carbonyl (C=O) groups excluding carboxylic acids is 4. The van der Waals surface area contributed by atoms with Gasteiger partial charge in [0.1, 0.15) is 23.3 Å². The van der Waals surface area contributed by atoms with E-state index in [0.29, 0.717) is 24.3 Å². The van der Waals surface area contributed by atoms with Crippen LogP contribution in [0.25, 0.3) is 0 Å². The third kappa shape index (κ3) is 8.49. The molecule has 1 fully saturated rings. The lowest BCUT2D eigenvalue weighted by molar-refractivity contribution is -0.141. The standard InChI is InChI=1S/C31H34FN5O7/c1-18(2)43-27(38)11-10-23(17-21-12-13-33-28(21)39)34-30(41)26(16-20-6-8-22(32)9-7-20)37-14-4-5-24(31(37)42)35-29(40)25-15-19(3)44-36-25/h4-11,14-15,18,21,23,26H,12-13,16-17H2,1-3H3,(H,33,39)(H,34,41)(H,35,40)/b11-10+/t21-,23+,26-/m0/s1. The highest BCUT2D eigenvalue weighted by Gasteiger charge is 2.30. The SMILES string of the molecule is Cc1cc(C(=O)Nc2cccn([C@@H](Cc3ccc(F)cc3)C(=O)N[C@H](/C=C/C(=O)OC(C)C)C[C@@H]3CCNC3=O)c2=O)no1. The van der Waals surface area contributed by atoms with Gasteiger partial charge in [0.2, 0.25) is 11.8 Å². The molecule has 0 bridgehead atoms. The van der Waals surface area contributed by atoms with E-state index in [4.69, 9.17) is 9.26 Å². The first kappa shape index (κ1) is 31.9. The Labute approximate surface area is 252 Å². The van der Waals surface area contributed by atoms with Crippen molar-refractivity contribution in [3.63, 3.8) is 0 Å². The molecule has 3 amide bonds. The Morgan fingerprint density at radius 3 is 2.59 bits per heavy atom. The van der Waals surface area contributed by atoms with E-state index >= 15 is 0 Å². The van der Waals surface area contributed by atoms with Crippen molar-refractivity contribution >= 4 is 29.4 Å². The van der Waals surface area contributed by atoms with Crippen molar-refractivity contribution in [1.82, 2.24) is 20.4 Å². The van der Waals surface area contributed by atoms with Crippen molar-refractivity contribution in [3.05, 3.63) is 94.0 Å². The predicted molar refractivity (Wildman–Crippen MR) is 157 cm³/mol. The molecule has 3 aromatic rings. The van der Waals surface area contributed by atoms with E-state index in [2.05, 4.69) is 21.1 Å². The van der Waals surface area contributed by atoms with E-state index < -0.39 is 47.2 Å². The minimum absolute atomic E-state index is 0.0123. The van der Waals surface area contributed by atoms with Crippen molar-refractivity contribution in [2.45, 2.75) is 58.2 Å². The summed E-state index contributed by atoms with van der Waals surface area (Å²) in [6.07, 6.45) is 4.45. The fourth-order valence-electron chi connectivity index (χ4n) is 4.78. The van der Waals surface area contributed by atoms with E-state index in [1.54, 1.807) is 20.8 Å². The first-order valence-corrected chi connectivity index (χ1v) is 14.2. The molecular formula is C31H34FN5O7. The summed E-state index contributed by atoms with van der Waals surface area (Å²) in [4.78, 5) is 64.7. The van der Waals surface area contributed by atoms with Gasteiger partial charge in [-0.05, 0) is 63.4 Å². The van der Waals surface area contributed by atoms with Crippen molar-refractivity contribution < 1.29 is 32.8 Å². The second kappa shape index (κ2) is 14.4. The molecule has 0 spiro atoms. The van der Waals surface area contributed by atoms with Gasteiger partial charge < -0.3 is 29.8 Å². The van der Waals surface area contributed by atoms with Gasteiger partial charge in [-0.25, -0.2) is 9.18 Å². The van der Waals surface area contributed by atoms with Crippen LogP contribution in [0.1, 0.15) is 54.5 Å². The zero-order chi connectivity index (χ0) is 31.8. The summed E-state index contributed by atoms with van der Waals surface area (Å²) < 4.78 is 24.9. The van der Waals surface area contributed by atoms with Crippen LogP contribution in [0.3, 0.4) is 0 Å². The lowest BCUT2D eigenvalue weighted by Crippen LogP contribution is -2.43. The Hall–Kier alpha value is -5.07. The first-order valence-electron chi connectivity index (χ1n) is 14.2. The van der Waals surface area contributed by atoms with E-state index in [-0.39, 0.29) is 36.2 Å². The van der Waals surface area contributed by atoms with Gasteiger partial charge in [-0.15, -0.1) is 0 Å². The molecule has 4 rings (SSSR count). The molecule has 1 aliphatic heterocycles. The van der Waals surface area contributed by atoms with Crippen molar-refractivity contribution in [3.8, 4) is 0 Å². The van der Waals surface area contributed by atoms with Crippen molar-refractivity contribution in [2.24, 2.45) is 5.92 Å². The highest BCUT2D eigenvalue weighted by molar-refractivity contribution is 6.02. The van der Waals surface area contributed by atoms with Crippen molar-refractivity contribution in [2.75, 3.05) is 11.9 Å². The zero-order valence-corrected chi connectivity index (χ0v) is 24.5. The van der Waals surface area contributed by atoms with Gasteiger partial charge in [0.25, 0.3) is 11.5 Å². The molecule has 2 aromatic heterocycles. The number of carbonyl (C=O) groups is 4. The predicted octanol–water partition coefficient (Wildman–Crippen LogP) is 2.84. The molecule has 232 valence electrons. The Balaban J connectivity index is 1.64. The Kier molecular flexibility index (Phi) is 10.4. The molecule has 12 nitrogen and oxygen atoms in total. The molecule has 3 atom stereocenters. The largest absolute Gasteiger partial charge is 0.460 e. The smallest absolute Gasteiger partial charge is 0.330 e. The highest BCUT2D eigenvalue weighted by Crippen LogP contribution is 2.20. The lowest BCUT2D eigenvalue weighted by Gasteiger charge is -2.24. The van der Waals surface area contributed by atoms with Gasteiger partial charge >= 0.3 is 5.97 Å². The van der Waals surface area contributed by atoms with Crippen LogP contribution in [0, 0.1) is 18.7 Å². The lowest BCUT2D eigenvalue weighted by atomic mass is 9.97. The van der Waals surface area contributed by atoms with E-state index in [1.165, 1.54) is 65.4 Å². The molecule has 1 aromatic carbocycles. The molecule has 13 heteroatoms. The Morgan fingerprint density at radius 1 is 1.20 bits per heavy atom. The van der Waals surface area contributed by atoms with Crippen LogP contribution in [0.4, 0.5) is 10.1 Å². The molecule has 0 unspecified atom stereocenters. The first-order chi connectivity index (χ1) is 21.0. The van der Waals surface area contributed by atoms with Crippen molar-refractivity contribution in [1.29, 1.82) is 0 Å². The fourth-order valence-corrected chi connectivity index (χ4v) is 4.78. The number of nitrogens with one attached hydrogen (secondary N) is 3. The molecule has 44 heavy (non-hydrogen) atoms. The fraction of sp³-hybridized carbons (Fsp3) is 0.355. The van der Waals surface area contributed by atoms with Crippen LogP contribution < -0.4 is 21.5 Å². The van der Waals surface area contributed by atoms with Crippen LogP contribution in [-0.4, -0.2) is 52.1 Å². The summed E-state index contributed by atoms with van der Waals surface area (Å²) >= 11 is 0. The number of ether oxygens (including phenoxy) is 1. The van der Waals surface area contributed by atoms with Crippen LogP contribution in [0.15, 0.2) is 70.1 Å². The average molecular weight is 608 g/mol. The molecule has 0 aliphatic carbocycles. The number of aromatic nitrogens is 2. The van der Waals surface area contributed by atoms with E-state index in [1.807, 2.05) is 0 Å². The molecular weight excluding hydrogens is 573 g/mol. The Morgan fingerprint density at radius 2 is 1.95 bits per heavy atom. The quantitative estimate of drug-likeness (QED) is 0.209. The third-order valence-corrected chi connectivity index (χ3v) is 6.91. The van der Waals surface area contributed by atoms with Crippen LogP contribution in [0.5, 0.6) is 0 Å². The number of aryl methyl sites for hydroxylation is 1. The summed E-state index contributed by atoms with van der Waals surface area (Å²) in [6.45, 7) is 5.52. The summed E-state index contributed by atoms with van der Waals surface area (Å²) in [5.74, 6) is -2.50. The highest BCUT2D eigenvalue weighted by atomic mass is 19.1. The Bertz CT molecular complexity index is 1600. The van der Waals surface area contributed by atoms with Gasteiger partial charge in [-0.3, -0.25) is 19.2 Å². The van der Waals surface area contributed by atoms with Gasteiger partial charge in [-0.1, -0.05) is 23.4 Å². The molecule has 3 N–H and O–H groups in total. The monoisotopic (exact) mass is 607 g/mol. The summed E-state index contributed by atoms with van der Waals surface area (Å²) in [7, 11) is 0. The van der Waals surface area contributed by atoms with E-state index in [9.17, 15) is 28.4 Å². The molecule has 0 radical (unpaired) electrons. The summed E-state index contributed by atoms with van der Waals surface area (Å²) in [6, 6.07) is 7.87. The van der Waals surface area contributed by atoms with Gasteiger partial charge in [-0.2, -0.15) is 0 Å². The number of esters is 1. The number of anilines is 1. The molecule has 1 saturated heterocycles. The summed E-state index contributed by atoms with van der Waals surface area (Å²) in [5.41, 5.74) is -0.245. The minimum atomic E-state index is -1.16. The topological polar surface area (TPSA) is 162 Å². The number of amides is 3. The maximum atomic E-state index is 13.9.